The molecule has 1 N–H and O–H groups in total. The Morgan fingerprint density at radius 3 is 2.48 bits per heavy atom. The van der Waals surface area contributed by atoms with Gasteiger partial charge in [-0.15, -0.1) is 10.2 Å². The van der Waals surface area contributed by atoms with Crippen molar-refractivity contribution in [2.75, 3.05) is 12.8 Å². The minimum absolute atomic E-state index is 0.314. The van der Waals surface area contributed by atoms with Crippen molar-refractivity contribution in [3.63, 3.8) is 0 Å². The summed E-state index contributed by atoms with van der Waals surface area (Å²) < 4.78 is 27.9. The lowest BCUT2D eigenvalue weighted by Crippen LogP contribution is -2.41. The van der Waals surface area contributed by atoms with Crippen LogP contribution in [0.4, 0.5) is 0 Å². The second kappa shape index (κ2) is 5.95. The van der Waals surface area contributed by atoms with Gasteiger partial charge in [-0.3, -0.25) is 0 Å². The van der Waals surface area contributed by atoms with Crippen LogP contribution in [0, 0.1) is 0 Å². The van der Waals surface area contributed by atoms with Crippen molar-refractivity contribution in [1.29, 1.82) is 0 Å². The Balaban J connectivity index is 1.96. The van der Waals surface area contributed by atoms with E-state index in [9.17, 15) is 8.42 Å². The van der Waals surface area contributed by atoms with Crippen molar-refractivity contribution in [2.24, 2.45) is 0 Å². The molecule has 0 radical (unpaired) electrons. The van der Waals surface area contributed by atoms with Gasteiger partial charge in [0.25, 0.3) is 0 Å². The SMILES string of the molecule is CC(C)(CNCc1nnc(-c2ccccc2)o1)S(C)(=O)=O. The zero-order valence-electron chi connectivity index (χ0n) is 12.3. The third kappa shape index (κ3) is 3.89. The summed E-state index contributed by atoms with van der Waals surface area (Å²) in [4.78, 5) is 0. The molecule has 0 fully saturated rings. The van der Waals surface area contributed by atoms with Crippen molar-refractivity contribution >= 4 is 9.84 Å². The van der Waals surface area contributed by atoms with E-state index in [-0.39, 0.29) is 0 Å². The molecular formula is C14H19N3O3S. The number of nitrogens with zero attached hydrogens (tertiary/aromatic N) is 2. The largest absolute Gasteiger partial charge is 0.419 e. The number of hydrogen-bond acceptors (Lipinski definition) is 6. The molecule has 1 aromatic heterocycles. The maximum Gasteiger partial charge on any atom is 0.247 e. The molecule has 0 amide bonds. The number of hydrogen-bond donors (Lipinski definition) is 1. The van der Waals surface area contributed by atoms with Gasteiger partial charge in [-0.25, -0.2) is 8.42 Å². The van der Waals surface area contributed by atoms with Crippen LogP contribution in [0.25, 0.3) is 11.5 Å². The molecule has 7 heteroatoms. The van der Waals surface area contributed by atoms with Crippen molar-refractivity contribution in [2.45, 2.75) is 25.1 Å². The minimum Gasteiger partial charge on any atom is -0.419 e. The molecule has 0 saturated carbocycles. The van der Waals surface area contributed by atoms with Crippen molar-refractivity contribution in [3.05, 3.63) is 36.2 Å². The van der Waals surface area contributed by atoms with E-state index in [1.54, 1.807) is 13.8 Å². The Hall–Kier alpha value is -1.73. The first kappa shape index (κ1) is 15.7. The maximum absolute atomic E-state index is 11.6. The lowest BCUT2D eigenvalue weighted by atomic mass is 10.2. The molecule has 21 heavy (non-hydrogen) atoms. The molecular weight excluding hydrogens is 290 g/mol. The first-order valence-electron chi connectivity index (χ1n) is 6.58. The molecule has 1 aromatic carbocycles. The number of nitrogens with one attached hydrogen (secondary N) is 1. The van der Waals surface area contributed by atoms with Gasteiger partial charge in [-0.2, -0.15) is 0 Å². The van der Waals surface area contributed by atoms with Gasteiger partial charge in [-0.05, 0) is 26.0 Å². The summed E-state index contributed by atoms with van der Waals surface area (Å²) in [5.41, 5.74) is 0.854. The molecule has 6 nitrogen and oxygen atoms in total. The van der Waals surface area contributed by atoms with Gasteiger partial charge in [0.15, 0.2) is 9.84 Å². The second-order valence-electron chi connectivity index (χ2n) is 5.50. The first-order chi connectivity index (χ1) is 9.79. The lowest BCUT2D eigenvalue weighted by molar-refractivity contribution is 0.458. The number of benzene rings is 1. The van der Waals surface area contributed by atoms with Crippen LogP contribution < -0.4 is 5.32 Å². The van der Waals surface area contributed by atoms with Gasteiger partial charge in [0.05, 0.1) is 11.3 Å². The molecule has 0 saturated heterocycles. The van der Waals surface area contributed by atoms with E-state index in [1.165, 1.54) is 6.26 Å². The topological polar surface area (TPSA) is 85.1 Å². The summed E-state index contributed by atoms with van der Waals surface area (Å²) in [6.45, 7) is 4.00. The van der Waals surface area contributed by atoms with E-state index in [0.29, 0.717) is 24.9 Å². The number of rotatable bonds is 6. The normalized spacial score (nSPS) is 12.5. The van der Waals surface area contributed by atoms with E-state index in [4.69, 9.17) is 4.42 Å². The monoisotopic (exact) mass is 309 g/mol. The highest BCUT2D eigenvalue weighted by Gasteiger charge is 2.29. The van der Waals surface area contributed by atoms with E-state index >= 15 is 0 Å². The molecule has 0 aliphatic heterocycles. The van der Waals surface area contributed by atoms with E-state index in [2.05, 4.69) is 15.5 Å². The van der Waals surface area contributed by atoms with Gasteiger partial charge < -0.3 is 9.73 Å². The number of sulfone groups is 1. The quantitative estimate of drug-likeness (QED) is 0.873. The van der Waals surface area contributed by atoms with Crippen LogP contribution in [0.15, 0.2) is 34.7 Å². The highest BCUT2D eigenvalue weighted by atomic mass is 32.2. The maximum atomic E-state index is 11.6. The predicted molar refractivity (Wildman–Crippen MR) is 80.4 cm³/mol. The Morgan fingerprint density at radius 2 is 1.86 bits per heavy atom. The van der Waals surface area contributed by atoms with Gasteiger partial charge in [0, 0.05) is 18.4 Å². The standard InChI is InChI=1S/C14H19N3O3S/c1-14(2,21(3,18)19)10-15-9-12-16-17-13(20-12)11-7-5-4-6-8-11/h4-8,15H,9-10H2,1-3H3. The zero-order valence-corrected chi connectivity index (χ0v) is 13.1. The molecule has 0 aliphatic carbocycles. The summed E-state index contributed by atoms with van der Waals surface area (Å²) >= 11 is 0. The fraction of sp³-hybridized carbons (Fsp3) is 0.429. The van der Waals surface area contributed by atoms with Gasteiger partial charge in [0.1, 0.15) is 0 Å². The molecule has 0 spiro atoms. The van der Waals surface area contributed by atoms with Gasteiger partial charge in [-0.1, -0.05) is 18.2 Å². The Bertz CT molecular complexity index is 693. The summed E-state index contributed by atoms with van der Waals surface area (Å²) in [5.74, 6) is 0.882. The second-order valence-corrected chi connectivity index (χ2v) is 8.15. The fourth-order valence-corrected chi connectivity index (χ4v) is 1.99. The first-order valence-corrected chi connectivity index (χ1v) is 8.47. The Kier molecular flexibility index (Phi) is 4.43. The molecule has 1 heterocycles. The van der Waals surface area contributed by atoms with Crippen LogP contribution >= 0.6 is 0 Å². The molecule has 0 atom stereocenters. The third-order valence-corrected chi connectivity index (χ3v) is 5.47. The van der Waals surface area contributed by atoms with Crippen molar-refractivity contribution in [3.8, 4) is 11.5 Å². The van der Waals surface area contributed by atoms with Crippen molar-refractivity contribution < 1.29 is 12.8 Å². The van der Waals surface area contributed by atoms with Crippen molar-refractivity contribution in [1.82, 2.24) is 15.5 Å². The minimum atomic E-state index is -3.12. The van der Waals surface area contributed by atoms with Crippen LogP contribution in [0.5, 0.6) is 0 Å². The average molecular weight is 309 g/mol. The van der Waals surface area contributed by atoms with Crippen LogP contribution in [0.2, 0.25) is 0 Å². The Labute approximate surface area is 124 Å². The van der Waals surface area contributed by atoms with E-state index in [1.807, 2.05) is 30.3 Å². The smallest absolute Gasteiger partial charge is 0.247 e. The highest BCUT2D eigenvalue weighted by molar-refractivity contribution is 7.92. The van der Waals surface area contributed by atoms with Crippen LogP contribution in [0.3, 0.4) is 0 Å². The lowest BCUT2D eigenvalue weighted by Gasteiger charge is -2.22. The summed E-state index contributed by atoms with van der Waals surface area (Å²) in [5, 5.41) is 11.0. The summed E-state index contributed by atoms with van der Waals surface area (Å²) in [7, 11) is -3.12. The highest BCUT2D eigenvalue weighted by Crippen LogP contribution is 2.17. The fourth-order valence-electron chi connectivity index (χ4n) is 1.62. The summed E-state index contributed by atoms with van der Waals surface area (Å²) in [6, 6.07) is 9.47. The molecule has 0 aliphatic rings. The van der Waals surface area contributed by atoms with Crippen LogP contribution in [-0.4, -0.2) is 36.2 Å². The molecule has 0 unspecified atom stereocenters. The molecule has 114 valence electrons. The molecule has 0 bridgehead atoms. The van der Waals surface area contributed by atoms with Crippen LogP contribution in [0.1, 0.15) is 19.7 Å². The van der Waals surface area contributed by atoms with Gasteiger partial charge >= 0.3 is 0 Å². The molecule has 2 rings (SSSR count). The van der Waals surface area contributed by atoms with E-state index in [0.717, 1.165) is 5.56 Å². The zero-order chi connectivity index (χ0) is 15.5. The van der Waals surface area contributed by atoms with Crippen LogP contribution in [-0.2, 0) is 16.4 Å². The average Bonchev–Trinajstić information content (AvgIpc) is 2.87. The number of aromatic nitrogens is 2. The van der Waals surface area contributed by atoms with Gasteiger partial charge in [0.2, 0.25) is 11.8 Å². The third-order valence-electron chi connectivity index (χ3n) is 3.32. The van der Waals surface area contributed by atoms with E-state index < -0.39 is 14.6 Å². The summed E-state index contributed by atoms with van der Waals surface area (Å²) in [6.07, 6.45) is 1.23. The predicted octanol–water partition coefficient (Wildman–Crippen LogP) is 1.65. The Morgan fingerprint density at radius 1 is 1.19 bits per heavy atom. The molecule has 2 aromatic rings.